The van der Waals surface area contributed by atoms with Gasteiger partial charge >= 0.3 is 5.97 Å². The number of esters is 1. The molecule has 0 radical (unpaired) electrons. The highest BCUT2D eigenvalue weighted by atomic mass is 35.5. The van der Waals surface area contributed by atoms with Crippen LogP contribution in [0.1, 0.15) is 16.8 Å². The minimum absolute atomic E-state index is 0.243. The van der Waals surface area contributed by atoms with E-state index >= 15 is 0 Å². The van der Waals surface area contributed by atoms with E-state index in [0.717, 1.165) is 13.0 Å². The van der Waals surface area contributed by atoms with Crippen molar-refractivity contribution in [3.8, 4) is 0 Å². The summed E-state index contributed by atoms with van der Waals surface area (Å²) in [5.74, 6) is -0.179. The predicted molar refractivity (Wildman–Crippen MR) is 70.1 cm³/mol. The zero-order valence-electron chi connectivity index (χ0n) is 9.62. The van der Waals surface area contributed by atoms with Crippen molar-refractivity contribution in [3.05, 3.63) is 27.7 Å². The van der Waals surface area contributed by atoms with Crippen LogP contribution in [-0.2, 0) is 9.47 Å². The van der Waals surface area contributed by atoms with Gasteiger partial charge in [-0.1, -0.05) is 23.2 Å². The topological polar surface area (TPSA) is 61.6 Å². The highest BCUT2D eigenvalue weighted by Gasteiger charge is 2.19. The fourth-order valence-electron chi connectivity index (χ4n) is 1.72. The molecule has 0 aliphatic carbocycles. The molecule has 98 valence electrons. The van der Waals surface area contributed by atoms with E-state index in [2.05, 4.69) is 0 Å². The van der Waals surface area contributed by atoms with Crippen LogP contribution in [0.25, 0.3) is 0 Å². The molecule has 2 N–H and O–H groups in total. The summed E-state index contributed by atoms with van der Waals surface area (Å²) in [6, 6.07) is 2.91. The summed E-state index contributed by atoms with van der Waals surface area (Å²) in [5, 5.41) is 0.491. The monoisotopic (exact) mass is 289 g/mol. The molecule has 1 aromatic carbocycles. The van der Waals surface area contributed by atoms with Crippen molar-refractivity contribution >= 4 is 34.9 Å². The molecule has 1 fully saturated rings. The van der Waals surface area contributed by atoms with Crippen LogP contribution in [0, 0.1) is 5.92 Å². The Kier molecular flexibility index (Phi) is 4.32. The zero-order chi connectivity index (χ0) is 13.1. The van der Waals surface area contributed by atoms with Gasteiger partial charge in [0.15, 0.2) is 0 Å². The molecule has 1 aliphatic rings. The van der Waals surface area contributed by atoms with Crippen molar-refractivity contribution in [1.29, 1.82) is 0 Å². The van der Waals surface area contributed by atoms with Gasteiger partial charge in [0.2, 0.25) is 0 Å². The van der Waals surface area contributed by atoms with E-state index < -0.39 is 5.97 Å². The Labute approximate surface area is 115 Å². The van der Waals surface area contributed by atoms with Crippen molar-refractivity contribution in [1.82, 2.24) is 0 Å². The van der Waals surface area contributed by atoms with E-state index in [1.165, 1.54) is 12.1 Å². The van der Waals surface area contributed by atoms with Gasteiger partial charge < -0.3 is 15.2 Å². The van der Waals surface area contributed by atoms with Crippen molar-refractivity contribution < 1.29 is 14.3 Å². The molecule has 0 spiro atoms. The molecule has 0 bridgehead atoms. The number of benzene rings is 1. The van der Waals surface area contributed by atoms with Gasteiger partial charge in [0.1, 0.15) is 0 Å². The third kappa shape index (κ3) is 3.07. The van der Waals surface area contributed by atoms with Gasteiger partial charge in [-0.15, -0.1) is 0 Å². The van der Waals surface area contributed by atoms with E-state index in [1.54, 1.807) is 0 Å². The fraction of sp³-hybridized carbons (Fsp3) is 0.417. The summed E-state index contributed by atoms with van der Waals surface area (Å²) < 4.78 is 10.4. The number of hydrogen-bond donors (Lipinski definition) is 1. The Hall–Kier alpha value is -0.970. The van der Waals surface area contributed by atoms with Crippen LogP contribution in [-0.4, -0.2) is 25.8 Å². The number of rotatable bonds is 3. The fourth-order valence-corrected chi connectivity index (χ4v) is 2.06. The summed E-state index contributed by atoms with van der Waals surface area (Å²) in [5.41, 5.74) is 6.20. The molecule has 6 heteroatoms. The molecule has 1 unspecified atom stereocenters. The lowest BCUT2D eigenvalue weighted by atomic mass is 10.1. The SMILES string of the molecule is Nc1cc(C(=O)OCC2CCOC2)cc(Cl)c1Cl. The Morgan fingerprint density at radius 1 is 1.50 bits per heavy atom. The number of carbonyl (C=O) groups excluding carboxylic acids is 1. The number of anilines is 1. The van der Waals surface area contributed by atoms with Crippen molar-refractivity contribution in [2.45, 2.75) is 6.42 Å². The highest BCUT2D eigenvalue weighted by molar-refractivity contribution is 6.43. The minimum atomic E-state index is -0.452. The Morgan fingerprint density at radius 3 is 2.89 bits per heavy atom. The second-order valence-corrected chi connectivity index (χ2v) is 4.97. The summed E-state index contributed by atoms with van der Waals surface area (Å²) >= 11 is 11.7. The maximum Gasteiger partial charge on any atom is 0.338 e. The lowest BCUT2D eigenvalue weighted by molar-refractivity contribution is 0.0428. The molecule has 2 rings (SSSR count). The van der Waals surface area contributed by atoms with Crippen molar-refractivity contribution in [3.63, 3.8) is 0 Å². The number of halogens is 2. The number of carbonyl (C=O) groups is 1. The van der Waals surface area contributed by atoms with Crippen molar-refractivity contribution in [2.24, 2.45) is 5.92 Å². The van der Waals surface area contributed by atoms with Gasteiger partial charge in [0.05, 0.1) is 34.5 Å². The average Bonchev–Trinajstić information content (AvgIpc) is 2.85. The van der Waals surface area contributed by atoms with Crippen LogP contribution < -0.4 is 5.73 Å². The molecule has 1 saturated heterocycles. The van der Waals surface area contributed by atoms with Gasteiger partial charge in [0, 0.05) is 12.5 Å². The van der Waals surface area contributed by atoms with E-state index in [9.17, 15) is 4.79 Å². The van der Waals surface area contributed by atoms with Gasteiger partial charge in [-0.3, -0.25) is 0 Å². The minimum Gasteiger partial charge on any atom is -0.462 e. The number of nitrogen functional groups attached to an aromatic ring is 1. The molecular weight excluding hydrogens is 277 g/mol. The summed E-state index contributed by atoms with van der Waals surface area (Å²) in [4.78, 5) is 11.8. The normalized spacial score (nSPS) is 18.9. The first-order chi connectivity index (χ1) is 8.58. The first-order valence-corrected chi connectivity index (χ1v) is 6.33. The van der Waals surface area contributed by atoms with Crippen LogP contribution in [0.5, 0.6) is 0 Å². The van der Waals surface area contributed by atoms with E-state index in [4.69, 9.17) is 38.4 Å². The quantitative estimate of drug-likeness (QED) is 0.687. The van der Waals surface area contributed by atoms with Crippen LogP contribution in [0.15, 0.2) is 12.1 Å². The number of hydrogen-bond acceptors (Lipinski definition) is 4. The molecule has 18 heavy (non-hydrogen) atoms. The van der Waals surface area contributed by atoms with Gasteiger partial charge in [-0.2, -0.15) is 0 Å². The van der Waals surface area contributed by atoms with Crippen LogP contribution >= 0.6 is 23.2 Å². The summed E-state index contributed by atoms with van der Waals surface area (Å²) in [6.45, 7) is 1.71. The second-order valence-electron chi connectivity index (χ2n) is 4.19. The predicted octanol–water partition coefficient (Wildman–Crippen LogP) is 2.77. The Morgan fingerprint density at radius 2 is 2.28 bits per heavy atom. The summed E-state index contributed by atoms with van der Waals surface area (Å²) in [7, 11) is 0. The molecule has 0 aromatic heterocycles. The number of ether oxygens (including phenoxy) is 2. The molecule has 1 heterocycles. The molecule has 4 nitrogen and oxygen atoms in total. The maximum atomic E-state index is 11.8. The largest absolute Gasteiger partial charge is 0.462 e. The third-order valence-electron chi connectivity index (χ3n) is 2.77. The van der Waals surface area contributed by atoms with Crippen LogP contribution in [0.3, 0.4) is 0 Å². The molecule has 0 amide bonds. The first-order valence-electron chi connectivity index (χ1n) is 5.57. The molecular formula is C12H13Cl2NO3. The molecule has 0 saturated carbocycles. The lowest BCUT2D eigenvalue weighted by Crippen LogP contribution is -2.14. The third-order valence-corrected chi connectivity index (χ3v) is 3.58. The molecule has 1 aliphatic heterocycles. The lowest BCUT2D eigenvalue weighted by Gasteiger charge is -2.10. The van der Waals surface area contributed by atoms with Gasteiger partial charge in [0.25, 0.3) is 0 Å². The standard InChI is InChI=1S/C12H13Cl2NO3/c13-9-3-8(4-10(15)11(9)14)12(16)18-6-7-1-2-17-5-7/h3-4,7H,1-2,5-6,15H2. The van der Waals surface area contributed by atoms with Crippen LogP contribution in [0.2, 0.25) is 10.0 Å². The van der Waals surface area contributed by atoms with E-state index in [1.807, 2.05) is 0 Å². The zero-order valence-corrected chi connectivity index (χ0v) is 11.1. The molecule has 1 atom stereocenters. The average molecular weight is 290 g/mol. The van der Waals surface area contributed by atoms with Crippen molar-refractivity contribution in [2.75, 3.05) is 25.6 Å². The summed E-state index contributed by atoms with van der Waals surface area (Å²) in [6.07, 6.45) is 0.913. The van der Waals surface area contributed by atoms with E-state index in [0.29, 0.717) is 18.8 Å². The highest BCUT2D eigenvalue weighted by Crippen LogP contribution is 2.29. The molecule has 1 aromatic rings. The Bertz CT molecular complexity index is 436. The van der Waals surface area contributed by atoms with E-state index in [-0.39, 0.29) is 21.7 Å². The number of nitrogens with two attached hydrogens (primary N) is 1. The van der Waals surface area contributed by atoms with Crippen LogP contribution in [0.4, 0.5) is 5.69 Å². The maximum absolute atomic E-state index is 11.8. The van der Waals surface area contributed by atoms with Gasteiger partial charge in [-0.05, 0) is 18.6 Å². The Balaban J connectivity index is 2.00. The second kappa shape index (κ2) is 5.78. The first kappa shape index (κ1) is 13.5. The van der Waals surface area contributed by atoms with Gasteiger partial charge in [-0.25, -0.2) is 4.79 Å². The smallest absolute Gasteiger partial charge is 0.338 e.